The highest BCUT2D eigenvalue weighted by atomic mass is 32.2. The van der Waals surface area contributed by atoms with Gasteiger partial charge in [-0.25, -0.2) is 4.98 Å². The van der Waals surface area contributed by atoms with E-state index in [1.54, 1.807) is 29.3 Å². The lowest BCUT2D eigenvalue weighted by Crippen LogP contribution is -2.14. The van der Waals surface area contributed by atoms with Gasteiger partial charge in [-0.15, -0.1) is 33.3 Å². The Balaban J connectivity index is 1.33. The van der Waals surface area contributed by atoms with Gasteiger partial charge in [-0.1, -0.05) is 36.0 Å². The largest absolute Gasteiger partial charge is 0.325 e. The van der Waals surface area contributed by atoms with Gasteiger partial charge in [-0.2, -0.15) is 0 Å². The number of hydrogen-bond acceptors (Lipinski definition) is 7. The van der Waals surface area contributed by atoms with Crippen molar-refractivity contribution >= 4 is 46.5 Å². The lowest BCUT2D eigenvalue weighted by atomic mass is 10.2. The van der Waals surface area contributed by atoms with Crippen LogP contribution < -0.4 is 5.32 Å². The topological polar surface area (TPSA) is 72.7 Å². The number of thioether (sulfide) groups is 2. The molecule has 0 aliphatic heterocycles. The Bertz CT molecular complexity index is 1130. The van der Waals surface area contributed by atoms with E-state index in [0.29, 0.717) is 0 Å². The van der Waals surface area contributed by atoms with Crippen molar-refractivity contribution in [3.63, 3.8) is 0 Å². The van der Waals surface area contributed by atoms with E-state index in [0.717, 1.165) is 44.4 Å². The summed E-state index contributed by atoms with van der Waals surface area (Å²) in [5.41, 5.74) is 1.92. The summed E-state index contributed by atoms with van der Waals surface area (Å²) in [6, 6.07) is 17.8. The maximum absolute atomic E-state index is 12.5. The smallest absolute Gasteiger partial charge is 0.234 e. The minimum absolute atomic E-state index is 0.0668. The van der Waals surface area contributed by atoms with Crippen LogP contribution in [0, 0.1) is 0 Å². The third kappa shape index (κ3) is 5.75. The maximum atomic E-state index is 12.5. The highest BCUT2D eigenvalue weighted by Gasteiger charge is 2.15. The molecule has 9 heteroatoms. The van der Waals surface area contributed by atoms with E-state index in [2.05, 4.69) is 33.5 Å². The highest BCUT2D eigenvalue weighted by molar-refractivity contribution is 7.99. The number of rotatable bonds is 9. The summed E-state index contributed by atoms with van der Waals surface area (Å²) in [5, 5.41) is 15.3. The average molecular weight is 468 g/mol. The van der Waals surface area contributed by atoms with Gasteiger partial charge < -0.3 is 9.88 Å². The zero-order valence-electron chi connectivity index (χ0n) is 16.9. The van der Waals surface area contributed by atoms with E-state index >= 15 is 0 Å². The van der Waals surface area contributed by atoms with Crippen LogP contribution in [0.5, 0.6) is 0 Å². The van der Waals surface area contributed by atoms with Gasteiger partial charge in [0.05, 0.1) is 15.7 Å². The fraction of sp³-hybridized carbons (Fsp3) is 0.182. The summed E-state index contributed by atoms with van der Waals surface area (Å²) >= 11 is 4.70. The highest BCUT2D eigenvalue weighted by Crippen LogP contribution is 2.27. The zero-order chi connectivity index (χ0) is 21.5. The zero-order valence-corrected chi connectivity index (χ0v) is 19.3. The fourth-order valence-corrected chi connectivity index (χ4v) is 5.25. The summed E-state index contributed by atoms with van der Waals surface area (Å²) in [5.74, 6) is 1.84. The number of thiophene rings is 1. The number of aromatic nitrogens is 4. The monoisotopic (exact) mass is 467 g/mol. The number of carbonyl (C=O) groups is 1. The number of benzene rings is 1. The number of carbonyl (C=O) groups excluding carboxylic acids is 1. The van der Waals surface area contributed by atoms with Crippen LogP contribution in [0.15, 0.2) is 76.4 Å². The molecule has 0 unspecified atom stereocenters. The van der Waals surface area contributed by atoms with Crippen molar-refractivity contribution in [1.82, 2.24) is 19.7 Å². The summed E-state index contributed by atoms with van der Waals surface area (Å²) in [6.07, 6.45) is 1.79. The number of nitrogens with one attached hydrogen (secondary N) is 1. The van der Waals surface area contributed by atoms with Crippen LogP contribution in [-0.4, -0.2) is 31.4 Å². The molecule has 158 valence electrons. The molecule has 0 radical (unpaired) electrons. The van der Waals surface area contributed by atoms with Crippen molar-refractivity contribution in [1.29, 1.82) is 0 Å². The molecule has 3 heterocycles. The molecule has 0 atom stereocenters. The molecule has 31 heavy (non-hydrogen) atoms. The predicted octanol–water partition coefficient (Wildman–Crippen LogP) is 5.44. The Morgan fingerprint density at radius 1 is 1.10 bits per heavy atom. The molecular weight excluding hydrogens is 446 g/mol. The van der Waals surface area contributed by atoms with Gasteiger partial charge >= 0.3 is 0 Å². The standard InChI is InChI=1S/C22H21N5OS3/c1-2-27-21(18-9-6-12-29-18)25-26-22(27)31-15-19(28)24-17-8-5-7-16(13-17)14-30-20-10-3-4-11-23-20/h3-13H,2,14-15H2,1H3,(H,24,28). The van der Waals surface area contributed by atoms with Crippen molar-refractivity contribution < 1.29 is 4.79 Å². The molecule has 0 saturated heterocycles. The summed E-state index contributed by atoms with van der Waals surface area (Å²) in [4.78, 5) is 17.9. The van der Waals surface area contributed by atoms with E-state index in [9.17, 15) is 4.79 Å². The van der Waals surface area contributed by atoms with Crippen LogP contribution >= 0.6 is 34.9 Å². The van der Waals surface area contributed by atoms with E-state index < -0.39 is 0 Å². The van der Waals surface area contributed by atoms with Crippen molar-refractivity contribution in [3.05, 3.63) is 71.7 Å². The third-order valence-corrected chi connectivity index (χ3v) is 7.19. The quantitative estimate of drug-likeness (QED) is 0.330. The maximum Gasteiger partial charge on any atom is 0.234 e. The van der Waals surface area contributed by atoms with Crippen LogP contribution in [0.1, 0.15) is 12.5 Å². The molecule has 4 aromatic rings. The molecule has 0 aliphatic rings. The molecule has 0 bridgehead atoms. The molecule has 4 rings (SSSR count). The SMILES string of the molecule is CCn1c(SCC(=O)Nc2cccc(CSc3ccccn3)c2)nnc1-c1cccs1. The van der Waals surface area contributed by atoms with Gasteiger partial charge in [0.2, 0.25) is 5.91 Å². The normalized spacial score (nSPS) is 10.9. The lowest BCUT2D eigenvalue weighted by molar-refractivity contribution is -0.113. The van der Waals surface area contributed by atoms with Crippen LogP contribution in [0.3, 0.4) is 0 Å². The average Bonchev–Trinajstić information content (AvgIpc) is 3.46. The summed E-state index contributed by atoms with van der Waals surface area (Å²) in [7, 11) is 0. The van der Waals surface area contributed by atoms with Gasteiger partial charge in [0.1, 0.15) is 0 Å². The van der Waals surface area contributed by atoms with Gasteiger partial charge in [-0.05, 0) is 48.2 Å². The van der Waals surface area contributed by atoms with Crippen molar-refractivity contribution in [3.8, 4) is 10.7 Å². The molecule has 1 aromatic carbocycles. The van der Waals surface area contributed by atoms with Crippen molar-refractivity contribution in [2.24, 2.45) is 0 Å². The summed E-state index contributed by atoms with van der Waals surface area (Å²) < 4.78 is 2.04. The molecule has 0 aliphatic carbocycles. The van der Waals surface area contributed by atoms with E-state index in [-0.39, 0.29) is 11.7 Å². The van der Waals surface area contributed by atoms with E-state index in [1.807, 2.05) is 58.5 Å². The van der Waals surface area contributed by atoms with Gasteiger partial charge in [0.25, 0.3) is 0 Å². The Morgan fingerprint density at radius 3 is 2.81 bits per heavy atom. The first-order valence-electron chi connectivity index (χ1n) is 9.75. The molecule has 0 spiro atoms. The third-order valence-electron chi connectivity index (χ3n) is 4.34. The van der Waals surface area contributed by atoms with Crippen molar-refractivity contribution in [2.75, 3.05) is 11.1 Å². The first kappa shape index (κ1) is 21.6. The molecular formula is C22H21N5OS3. The van der Waals surface area contributed by atoms with Gasteiger partial charge in [0, 0.05) is 24.2 Å². The Morgan fingerprint density at radius 2 is 2.03 bits per heavy atom. The number of nitrogens with zero attached hydrogens (tertiary/aromatic N) is 4. The Hall–Kier alpha value is -2.62. The second-order valence-corrected chi connectivity index (χ2v) is 9.41. The van der Waals surface area contributed by atoms with Crippen molar-refractivity contribution in [2.45, 2.75) is 29.4 Å². The molecule has 0 fully saturated rings. The lowest BCUT2D eigenvalue weighted by Gasteiger charge is -2.08. The predicted molar refractivity (Wildman–Crippen MR) is 129 cm³/mol. The second-order valence-electron chi connectivity index (χ2n) is 6.52. The fourth-order valence-electron chi connectivity index (χ4n) is 2.92. The molecule has 3 aromatic heterocycles. The Kier molecular flexibility index (Phi) is 7.39. The number of anilines is 1. The van der Waals surface area contributed by atoms with E-state index in [4.69, 9.17) is 0 Å². The minimum Gasteiger partial charge on any atom is -0.325 e. The Labute approximate surface area is 193 Å². The van der Waals surface area contributed by atoms with E-state index in [1.165, 1.54) is 11.8 Å². The van der Waals surface area contributed by atoms with Gasteiger partial charge in [0.15, 0.2) is 11.0 Å². The minimum atomic E-state index is -0.0668. The van der Waals surface area contributed by atoms with Crippen LogP contribution in [-0.2, 0) is 17.1 Å². The van der Waals surface area contributed by atoms with Crippen LogP contribution in [0.2, 0.25) is 0 Å². The second kappa shape index (κ2) is 10.6. The molecule has 6 nitrogen and oxygen atoms in total. The first-order valence-corrected chi connectivity index (χ1v) is 12.6. The molecule has 1 amide bonds. The van der Waals surface area contributed by atoms with Crippen LogP contribution in [0.25, 0.3) is 10.7 Å². The summed E-state index contributed by atoms with van der Waals surface area (Å²) in [6.45, 7) is 2.80. The number of hydrogen-bond donors (Lipinski definition) is 1. The molecule has 1 N–H and O–H groups in total. The molecule has 0 saturated carbocycles. The number of pyridine rings is 1. The van der Waals surface area contributed by atoms with Crippen LogP contribution in [0.4, 0.5) is 5.69 Å². The number of amides is 1. The van der Waals surface area contributed by atoms with Gasteiger partial charge in [-0.3, -0.25) is 4.79 Å². The first-order chi connectivity index (χ1) is 15.2.